The number of aliphatic hydroxyl groups is 1. The summed E-state index contributed by atoms with van der Waals surface area (Å²) >= 11 is 0. The number of fused-ring (bicyclic) bond motifs is 1. The quantitative estimate of drug-likeness (QED) is 0.751. The van der Waals surface area contributed by atoms with Gasteiger partial charge in [-0.05, 0) is 68.5 Å². The van der Waals surface area contributed by atoms with E-state index in [1.165, 1.54) is 0 Å². The van der Waals surface area contributed by atoms with Crippen molar-refractivity contribution in [2.45, 2.75) is 45.8 Å². The van der Waals surface area contributed by atoms with Crippen molar-refractivity contribution in [3.63, 3.8) is 0 Å². The topological polar surface area (TPSA) is 68.4 Å². The van der Waals surface area contributed by atoms with Gasteiger partial charge in [-0.15, -0.1) is 0 Å². The fraction of sp³-hybridized carbons (Fsp3) is 0.333. The number of nitrogens with zero attached hydrogens (tertiary/aromatic N) is 2. The number of rotatable bonds is 4. The van der Waals surface area contributed by atoms with Gasteiger partial charge in [-0.1, -0.05) is 23.4 Å². The molecule has 0 spiro atoms. The number of aliphatic hydroxyl groups excluding tert-OH is 1. The van der Waals surface area contributed by atoms with Crippen molar-refractivity contribution in [3.8, 4) is 28.6 Å². The molecule has 0 bridgehead atoms. The van der Waals surface area contributed by atoms with Crippen LogP contribution >= 0.6 is 0 Å². The minimum Gasteiger partial charge on any atom is -0.491 e. The molecule has 26 heavy (non-hydrogen) atoms. The van der Waals surface area contributed by atoms with E-state index in [9.17, 15) is 5.11 Å². The number of hydrogen-bond acceptors (Lipinski definition) is 5. The highest BCUT2D eigenvalue weighted by Crippen LogP contribution is 2.37. The lowest BCUT2D eigenvalue weighted by molar-refractivity contribution is 0.180. The minimum absolute atomic E-state index is 0.130. The first-order valence-corrected chi connectivity index (χ1v) is 8.94. The molecule has 0 saturated heterocycles. The van der Waals surface area contributed by atoms with Gasteiger partial charge in [0.15, 0.2) is 0 Å². The molecule has 0 amide bonds. The Labute approximate surface area is 152 Å². The van der Waals surface area contributed by atoms with E-state index in [4.69, 9.17) is 9.26 Å². The summed E-state index contributed by atoms with van der Waals surface area (Å²) in [5, 5.41) is 14.2. The Balaban J connectivity index is 1.67. The SMILES string of the molecule is Cc1cc(-c2nc(-c3cccc4c3CCC4O)no2)ccc1OC(C)C. The maximum absolute atomic E-state index is 10.1. The molecule has 5 heteroatoms. The highest BCUT2D eigenvalue weighted by molar-refractivity contribution is 5.66. The molecule has 1 aliphatic carbocycles. The zero-order valence-corrected chi connectivity index (χ0v) is 15.2. The standard InChI is InChI=1S/C21H22N2O3/c1-12(2)25-19-10-7-14(11-13(19)3)21-22-20(23-26-21)17-6-4-5-16-15(17)8-9-18(16)24/h4-7,10-12,18,24H,8-9H2,1-3H3. The molecule has 0 fully saturated rings. The van der Waals surface area contributed by atoms with Crippen LogP contribution < -0.4 is 4.74 Å². The first kappa shape index (κ1) is 16.8. The molecule has 4 rings (SSSR count). The van der Waals surface area contributed by atoms with E-state index >= 15 is 0 Å². The van der Waals surface area contributed by atoms with Crippen molar-refractivity contribution < 1.29 is 14.4 Å². The molecule has 134 valence electrons. The van der Waals surface area contributed by atoms with E-state index in [0.717, 1.165) is 46.4 Å². The van der Waals surface area contributed by atoms with Gasteiger partial charge in [-0.25, -0.2) is 0 Å². The summed E-state index contributed by atoms with van der Waals surface area (Å²) in [5.74, 6) is 1.90. The summed E-state index contributed by atoms with van der Waals surface area (Å²) in [4.78, 5) is 4.58. The van der Waals surface area contributed by atoms with E-state index < -0.39 is 6.10 Å². The zero-order chi connectivity index (χ0) is 18.3. The zero-order valence-electron chi connectivity index (χ0n) is 15.2. The van der Waals surface area contributed by atoms with Gasteiger partial charge in [0, 0.05) is 11.1 Å². The fourth-order valence-electron chi connectivity index (χ4n) is 3.46. The minimum atomic E-state index is -0.396. The number of benzene rings is 2. The Morgan fingerprint density at radius 3 is 2.85 bits per heavy atom. The molecule has 3 aromatic rings. The Bertz CT molecular complexity index is 946. The number of aromatic nitrogens is 2. The Morgan fingerprint density at radius 1 is 1.23 bits per heavy atom. The second-order valence-corrected chi connectivity index (χ2v) is 7.00. The third-order valence-corrected chi connectivity index (χ3v) is 4.69. The molecule has 5 nitrogen and oxygen atoms in total. The average Bonchev–Trinajstić information content (AvgIpc) is 3.24. The normalized spacial score (nSPS) is 16.1. The molecule has 2 aromatic carbocycles. The maximum Gasteiger partial charge on any atom is 0.258 e. The fourth-order valence-corrected chi connectivity index (χ4v) is 3.46. The van der Waals surface area contributed by atoms with Gasteiger partial charge in [0.05, 0.1) is 12.2 Å². The number of hydrogen-bond donors (Lipinski definition) is 1. The second kappa shape index (κ2) is 6.57. The van der Waals surface area contributed by atoms with Gasteiger partial charge in [0.25, 0.3) is 5.89 Å². The summed E-state index contributed by atoms with van der Waals surface area (Å²) < 4.78 is 11.3. The molecule has 1 atom stereocenters. The van der Waals surface area contributed by atoms with Gasteiger partial charge < -0.3 is 14.4 Å². The van der Waals surface area contributed by atoms with E-state index in [1.807, 2.05) is 57.2 Å². The van der Waals surface area contributed by atoms with Gasteiger partial charge in [-0.2, -0.15) is 4.98 Å². The van der Waals surface area contributed by atoms with Crippen molar-refractivity contribution in [2.75, 3.05) is 0 Å². The van der Waals surface area contributed by atoms with Crippen LogP contribution in [0, 0.1) is 6.92 Å². The lowest BCUT2D eigenvalue weighted by Gasteiger charge is -2.12. The molecule has 1 aliphatic rings. The molecule has 1 heterocycles. The lowest BCUT2D eigenvalue weighted by atomic mass is 10.0. The molecule has 0 radical (unpaired) electrons. The Hall–Kier alpha value is -2.66. The van der Waals surface area contributed by atoms with Crippen molar-refractivity contribution >= 4 is 0 Å². The van der Waals surface area contributed by atoms with Gasteiger partial charge in [-0.3, -0.25) is 0 Å². The second-order valence-electron chi connectivity index (χ2n) is 7.00. The van der Waals surface area contributed by atoms with Crippen molar-refractivity contribution in [1.29, 1.82) is 0 Å². The molecule has 1 N–H and O–H groups in total. The van der Waals surface area contributed by atoms with Crippen LogP contribution in [0.2, 0.25) is 0 Å². The summed E-state index contributed by atoms with van der Waals surface area (Å²) in [6.07, 6.45) is 1.31. The molecule has 0 aliphatic heterocycles. The van der Waals surface area contributed by atoms with Crippen LogP contribution in [0.25, 0.3) is 22.8 Å². The summed E-state index contributed by atoms with van der Waals surface area (Å²) in [6, 6.07) is 11.7. The average molecular weight is 350 g/mol. The van der Waals surface area contributed by atoms with Crippen LogP contribution in [0.5, 0.6) is 5.75 Å². The monoisotopic (exact) mass is 350 g/mol. The summed E-state index contributed by atoms with van der Waals surface area (Å²) in [5.41, 5.74) is 4.92. The van der Waals surface area contributed by atoms with E-state index in [2.05, 4.69) is 10.1 Å². The molecule has 1 unspecified atom stereocenters. The third-order valence-electron chi connectivity index (χ3n) is 4.69. The van der Waals surface area contributed by atoms with Gasteiger partial charge in [0.1, 0.15) is 5.75 Å². The van der Waals surface area contributed by atoms with Crippen LogP contribution in [0.4, 0.5) is 0 Å². The van der Waals surface area contributed by atoms with E-state index in [-0.39, 0.29) is 6.10 Å². The van der Waals surface area contributed by atoms with Crippen LogP contribution in [0.3, 0.4) is 0 Å². The first-order chi connectivity index (χ1) is 12.5. The highest BCUT2D eigenvalue weighted by atomic mass is 16.5. The molecular formula is C21H22N2O3. The first-order valence-electron chi connectivity index (χ1n) is 8.94. The van der Waals surface area contributed by atoms with Gasteiger partial charge >= 0.3 is 0 Å². The van der Waals surface area contributed by atoms with Crippen LogP contribution in [-0.4, -0.2) is 21.4 Å². The number of aryl methyl sites for hydroxylation is 1. The lowest BCUT2D eigenvalue weighted by Crippen LogP contribution is -2.06. The van der Waals surface area contributed by atoms with Gasteiger partial charge in [0.2, 0.25) is 5.82 Å². The number of ether oxygens (including phenoxy) is 1. The van der Waals surface area contributed by atoms with Crippen LogP contribution in [-0.2, 0) is 6.42 Å². The van der Waals surface area contributed by atoms with E-state index in [1.54, 1.807) is 0 Å². The maximum atomic E-state index is 10.1. The largest absolute Gasteiger partial charge is 0.491 e. The van der Waals surface area contributed by atoms with Crippen molar-refractivity contribution in [3.05, 3.63) is 53.1 Å². The summed E-state index contributed by atoms with van der Waals surface area (Å²) in [6.45, 7) is 6.02. The highest BCUT2D eigenvalue weighted by Gasteiger charge is 2.25. The third kappa shape index (κ3) is 2.99. The molecule has 1 aromatic heterocycles. The Morgan fingerprint density at radius 2 is 2.08 bits per heavy atom. The molecular weight excluding hydrogens is 328 g/mol. The predicted molar refractivity (Wildman–Crippen MR) is 99.0 cm³/mol. The van der Waals surface area contributed by atoms with Crippen LogP contribution in [0.15, 0.2) is 40.9 Å². The van der Waals surface area contributed by atoms with E-state index in [0.29, 0.717) is 11.7 Å². The smallest absolute Gasteiger partial charge is 0.258 e. The predicted octanol–water partition coefficient (Wildman–Crippen LogP) is 4.48. The Kier molecular flexibility index (Phi) is 4.24. The molecule has 0 saturated carbocycles. The van der Waals surface area contributed by atoms with Crippen molar-refractivity contribution in [1.82, 2.24) is 10.1 Å². The van der Waals surface area contributed by atoms with Crippen molar-refractivity contribution in [2.24, 2.45) is 0 Å². The van der Waals surface area contributed by atoms with Crippen LogP contribution in [0.1, 0.15) is 43.1 Å². The summed E-state index contributed by atoms with van der Waals surface area (Å²) in [7, 11) is 0.